The van der Waals surface area contributed by atoms with Crippen LogP contribution in [0.1, 0.15) is 49.9 Å². The molecule has 5 nitrogen and oxygen atoms in total. The summed E-state index contributed by atoms with van der Waals surface area (Å²) in [6.45, 7) is 4.11. The van der Waals surface area contributed by atoms with Crippen LogP contribution in [-0.2, 0) is 0 Å². The van der Waals surface area contributed by atoms with Crippen molar-refractivity contribution >= 4 is 16.9 Å². The first-order chi connectivity index (χ1) is 13.5. The van der Waals surface area contributed by atoms with Crippen molar-refractivity contribution in [3.8, 4) is 11.3 Å². The summed E-state index contributed by atoms with van der Waals surface area (Å²) in [5, 5.41) is 14.7. The van der Waals surface area contributed by atoms with Crippen molar-refractivity contribution in [3.05, 3.63) is 54.4 Å². The number of hydrogen-bond acceptors (Lipinski definition) is 4. The summed E-state index contributed by atoms with van der Waals surface area (Å²) in [6, 6.07) is 11.4. The predicted octanol–water partition coefficient (Wildman–Crippen LogP) is 4.55. The van der Waals surface area contributed by atoms with Gasteiger partial charge in [-0.3, -0.25) is 9.78 Å². The van der Waals surface area contributed by atoms with Gasteiger partial charge in [-0.1, -0.05) is 26.0 Å². The van der Waals surface area contributed by atoms with Crippen molar-refractivity contribution in [3.63, 3.8) is 0 Å². The summed E-state index contributed by atoms with van der Waals surface area (Å²) >= 11 is 0. The van der Waals surface area contributed by atoms with Gasteiger partial charge in [-0.05, 0) is 55.9 Å². The number of pyridine rings is 1. The molecule has 1 aliphatic rings. The molecular formula is C23H26N2O3. The van der Waals surface area contributed by atoms with Gasteiger partial charge in [0.1, 0.15) is 5.58 Å². The number of furan rings is 1. The van der Waals surface area contributed by atoms with Crippen LogP contribution >= 0.6 is 0 Å². The first-order valence-corrected chi connectivity index (χ1v) is 9.92. The smallest absolute Gasteiger partial charge is 0.251 e. The van der Waals surface area contributed by atoms with Gasteiger partial charge in [0.2, 0.25) is 0 Å². The topological polar surface area (TPSA) is 75.4 Å². The molecular weight excluding hydrogens is 352 g/mol. The minimum Gasteiger partial charge on any atom is -0.464 e. The Morgan fingerprint density at radius 1 is 1.18 bits per heavy atom. The monoisotopic (exact) mass is 378 g/mol. The van der Waals surface area contributed by atoms with Crippen LogP contribution in [0.3, 0.4) is 0 Å². The summed E-state index contributed by atoms with van der Waals surface area (Å²) in [6.07, 6.45) is 6.46. The maximum Gasteiger partial charge on any atom is 0.251 e. The molecule has 5 heteroatoms. The number of fused-ring (bicyclic) bond motifs is 1. The van der Waals surface area contributed by atoms with Gasteiger partial charge in [-0.2, -0.15) is 0 Å². The van der Waals surface area contributed by atoms with Crippen molar-refractivity contribution in [2.24, 2.45) is 5.92 Å². The van der Waals surface area contributed by atoms with Gasteiger partial charge in [0.15, 0.2) is 0 Å². The second-order valence-corrected chi connectivity index (χ2v) is 8.08. The van der Waals surface area contributed by atoms with Crippen molar-refractivity contribution in [2.75, 3.05) is 0 Å². The lowest BCUT2D eigenvalue weighted by Crippen LogP contribution is -2.45. The molecule has 0 bridgehead atoms. The fraction of sp³-hybridized carbons (Fsp3) is 0.391. The molecule has 1 saturated carbocycles. The Morgan fingerprint density at radius 2 is 1.89 bits per heavy atom. The first kappa shape index (κ1) is 18.7. The molecule has 1 aromatic carbocycles. The van der Waals surface area contributed by atoms with E-state index < -0.39 is 5.60 Å². The summed E-state index contributed by atoms with van der Waals surface area (Å²) in [4.78, 5) is 17.1. The van der Waals surface area contributed by atoms with Crippen molar-refractivity contribution in [2.45, 2.75) is 51.2 Å². The van der Waals surface area contributed by atoms with Crippen LogP contribution in [0, 0.1) is 5.92 Å². The number of hydrogen-bond donors (Lipinski definition) is 2. The van der Waals surface area contributed by atoms with Crippen molar-refractivity contribution in [1.82, 2.24) is 10.3 Å². The number of aromatic nitrogens is 1. The number of carbonyl (C=O) groups excluding carboxylic acids is 1. The number of carbonyl (C=O) groups is 1. The van der Waals surface area contributed by atoms with Crippen LogP contribution in [0.25, 0.3) is 22.2 Å². The molecule has 3 aromatic rings. The minimum atomic E-state index is -0.593. The van der Waals surface area contributed by atoms with E-state index in [9.17, 15) is 9.90 Å². The van der Waals surface area contributed by atoms with E-state index >= 15 is 0 Å². The van der Waals surface area contributed by atoms with Gasteiger partial charge in [0, 0.05) is 28.8 Å². The van der Waals surface area contributed by atoms with Crippen molar-refractivity contribution < 1.29 is 14.3 Å². The normalized spacial score (nSPS) is 22.5. The molecule has 28 heavy (non-hydrogen) atoms. The van der Waals surface area contributed by atoms with Gasteiger partial charge in [-0.25, -0.2) is 0 Å². The highest BCUT2D eigenvalue weighted by molar-refractivity contribution is 5.96. The Balaban J connectivity index is 1.43. The molecule has 0 spiro atoms. The highest BCUT2D eigenvalue weighted by Gasteiger charge is 2.36. The van der Waals surface area contributed by atoms with Crippen LogP contribution in [0.5, 0.6) is 0 Å². The molecule has 0 unspecified atom stereocenters. The Hall–Kier alpha value is -2.66. The zero-order chi connectivity index (χ0) is 19.7. The van der Waals surface area contributed by atoms with E-state index in [0.29, 0.717) is 5.56 Å². The summed E-state index contributed by atoms with van der Waals surface area (Å²) < 4.78 is 5.43. The Morgan fingerprint density at radius 3 is 2.57 bits per heavy atom. The molecule has 0 aliphatic heterocycles. The number of nitrogens with one attached hydrogen (secondary N) is 1. The third-order valence-electron chi connectivity index (χ3n) is 6.06. The largest absolute Gasteiger partial charge is 0.464 e. The molecule has 1 amide bonds. The molecule has 0 atom stereocenters. The quantitative estimate of drug-likeness (QED) is 0.698. The average Bonchev–Trinajstić information content (AvgIpc) is 3.19. The van der Waals surface area contributed by atoms with E-state index in [1.54, 1.807) is 12.5 Å². The molecule has 0 saturated heterocycles. The minimum absolute atomic E-state index is 0.0685. The number of benzene rings is 1. The Kier molecular flexibility index (Phi) is 4.94. The molecule has 4 rings (SSSR count). The van der Waals surface area contributed by atoms with E-state index in [2.05, 4.69) is 24.1 Å². The third-order valence-corrected chi connectivity index (χ3v) is 6.06. The number of aliphatic hydroxyl groups is 1. The molecule has 2 N–H and O–H groups in total. The molecule has 146 valence electrons. The fourth-order valence-electron chi connectivity index (χ4n) is 4.01. The van der Waals surface area contributed by atoms with Crippen LogP contribution < -0.4 is 5.32 Å². The summed E-state index contributed by atoms with van der Waals surface area (Å²) in [5.41, 5.74) is 2.63. The van der Waals surface area contributed by atoms with Gasteiger partial charge in [0.25, 0.3) is 5.91 Å². The lowest BCUT2D eigenvalue weighted by atomic mass is 9.75. The molecule has 1 aliphatic carbocycles. The highest BCUT2D eigenvalue weighted by Crippen LogP contribution is 2.34. The third kappa shape index (κ3) is 3.54. The first-order valence-electron chi connectivity index (χ1n) is 9.92. The Labute approximate surface area is 164 Å². The lowest BCUT2D eigenvalue weighted by Gasteiger charge is -2.39. The van der Waals surface area contributed by atoms with Crippen molar-refractivity contribution in [1.29, 1.82) is 0 Å². The molecule has 0 radical (unpaired) electrons. The van der Waals surface area contributed by atoms with Gasteiger partial charge in [0.05, 0.1) is 17.6 Å². The zero-order valence-electron chi connectivity index (χ0n) is 16.3. The van der Waals surface area contributed by atoms with E-state index in [1.807, 2.05) is 36.4 Å². The second-order valence-electron chi connectivity index (χ2n) is 8.08. The Bertz CT molecular complexity index is 967. The van der Waals surface area contributed by atoms with Gasteiger partial charge >= 0.3 is 0 Å². The highest BCUT2D eigenvalue weighted by atomic mass is 16.3. The maximum absolute atomic E-state index is 12.6. The number of rotatable bonds is 4. The molecule has 2 aromatic heterocycles. The number of nitrogens with zero attached hydrogens (tertiary/aromatic N) is 1. The standard InChI is InChI=1S/C23H26N2O3/c1-15(2)23(27)11-7-18(8-12-23)25-22(26)17-5-3-16(4-6-17)21-19-10-14-28-20(19)9-13-24-21/h3-6,9-10,13-15,18,27H,7-8,11-12H2,1-2H3,(H,25,26). The average molecular weight is 378 g/mol. The maximum atomic E-state index is 12.6. The molecule has 2 heterocycles. The van der Waals surface area contributed by atoms with E-state index in [0.717, 1.165) is 47.9 Å². The van der Waals surface area contributed by atoms with Crippen LogP contribution in [0.15, 0.2) is 53.3 Å². The lowest BCUT2D eigenvalue weighted by molar-refractivity contribution is -0.0424. The van der Waals surface area contributed by atoms with E-state index in [4.69, 9.17) is 4.42 Å². The fourth-order valence-corrected chi connectivity index (χ4v) is 4.01. The molecule has 1 fully saturated rings. The SMILES string of the molecule is CC(C)C1(O)CCC(NC(=O)c2ccc(-c3nccc4occc34)cc2)CC1. The predicted molar refractivity (Wildman–Crippen MR) is 109 cm³/mol. The van der Waals surface area contributed by atoms with Crippen LogP contribution in [0.2, 0.25) is 0 Å². The van der Waals surface area contributed by atoms with Gasteiger partial charge < -0.3 is 14.8 Å². The second kappa shape index (κ2) is 7.40. The zero-order valence-corrected chi connectivity index (χ0v) is 16.3. The summed E-state index contributed by atoms with van der Waals surface area (Å²) in [5.74, 6) is 0.172. The van der Waals surface area contributed by atoms with E-state index in [1.165, 1.54) is 0 Å². The summed E-state index contributed by atoms with van der Waals surface area (Å²) in [7, 11) is 0. The number of amides is 1. The van der Waals surface area contributed by atoms with Crippen LogP contribution in [-0.4, -0.2) is 27.6 Å². The van der Waals surface area contributed by atoms with Crippen LogP contribution in [0.4, 0.5) is 0 Å². The van der Waals surface area contributed by atoms with Gasteiger partial charge in [-0.15, -0.1) is 0 Å². The van der Waals surface area contributed by atoms with E-state index in [-0.39, 0.29) is 17.9 Å².